The second-order valence-corrected chi connectivity index (χ2v) is 7.54. The van der Waals surface area contributed by atoms with E-state index in [1.165, 1.54) is 5.56 Å². The van der Waals surface area contributed by atoms with Crippen molar-refractivity contribution in [2.75, 3.05) is 18.4 Å². The third kappa shape index (κ3) is 4.11. The van der Waals surface area contributed by atoms with Crippen LogP contribution in [0.5, 0.6) is 0 Å². The lowest BCUT2D eigenvalue weighted by atomic mass is 9.89. The van der Waals surface area contributed by atoms with Crippen molar-refractivity contribution in [1.82, 2.24) is 19.7 Å². The minimum absolute atomic E-state index is 0.0792. The maximum Gasteiger partial charge on any atom is 0.231 e. The van der Waals surface area contributed by atoms with Gasteiger partial charge in [-0.15, -0.1) is 10.2 Å². The molecule has 4 rings (SSSR count). The number of rotatable bonds is 6. The molecule has 1 aromatic heterocycles. The molecule has 1 saturated heterocycles. The zero-order valence-corrected chi connectivity index (χ0v) is 14.8. The Bertz CT molecular complexity index is 758. The first-order chi connectivity index (χ1) is 12.6. The van der Waals surface area contributed by atoms with Gasteiger partial charge in [0, 0.05) is 19.1 Å². The van der Waals surface area contributed by atoms with Crippen LogP contribution < -0.4 is 5.32 Å². The van der Waals surface area contributed by atoms with Crippen molar-refractivity contribution in [2.24, 2.45) is 0 Å². The number of hydrogen-bond acceptors (Lipinski definition) is 5. The van der Waals surface area contributed by atoms with Crippen molar-refractivity contribution in [3.8, 4) is 0 Å². The molecular formula is C19H25N5O2. The van der Waals surface area contributed by atoms with E-state index in [9.17, 15) is 9.90 Å². The molecule has 0 radical (unpaired) electrons. The van der Waals surface area contributed by atoms with Gasteiger partial charge in [0.15, 0.2) is 0 Å². The van der Waals surface area contributed by atoms with Gasteiger partial charge in [0.25, 0.3) is 0 Å². The largest absolute Gasteiger partial charge is 0.388 e. The normalized spacial score (nSPS) is 23.7. The van der Waals surface area contributed by atoms with Gasteiger partial charge in [0.2, 0.25) is 11.9 Å². The number of hydrogen-bond donors (Lipinski definition) is 2. The zero-order valence-electron chi connectivity index (χ0n) is 14.8. The smallest absolute Gasteiger partial charge is 0.231 e. The number of nitrogens with one attached hydrogen (secondary N) is 1. The summed E-state index contributed by atoms with van der Waals surface area (Å²) in [6.07, 6.45) is 5.45. The second kappa shape index (κ2) is 7.17. The standard InChI is InChI=1S/C19H25N5O2/c25-17(21-18-22-20-14-24(18)16-7-8-16)11-19(26)9-4-10-23(13-19)12-15-5-2-1-3-6-15/h1-3,5-6,14,16,26H,4,7-13H2,(H,21,22,25). The fourth-order valence-corrected chi connectivity index (χ4v) is 3.75. The van der Waals surface area contributed by atoms with E-state index in [1.807, 2.05) is 22.8 Å². The Morgan fingerprint density at radius 3 is 2.88 bits per heavy atom. The summed E-state index contributed by atoms with van der Waals surface area (Å²) in [5.74, 6) is 0.280. The SMILES string of the molecule is O=C(CC1(O)CCCN(Cc2ccccc2)C1)Nc1nncn1C1CC1. The van der Waals surface area contributed by atoms with E-state index in [4.69, 9.17) is 0 Å². The highest BCUT2D eigenvalue weighted by molar-refractivity contribution is 5.89. The molecule has 1 aliphatic carbocycles. The van der Waals surface area contributed by atoms with Crippen LogP contribution in [0.2, 0.25) is 0 Å². The second-order valence-electron chi connectivity index (χ2n) is 7.54. The van der Waals surface area contributed by atoms with Crippen LogP contribution in [0.1, 0.15) is 43.7 Å². The molecular weight excluding hydrogens is 330 g/mol. The Kier molecular flexibility index (Phi) is 4.74. The molecule has 26 heavy (non-hydrogen) atoms. The summed E-state index contributed by atoms with van der Waals surface area (Å²) < 4.78 is 1.91. The molecule has 1 aromatic carbocycles. The Labute approximate surface area is 153 Å². The number of piperidine rings is 1. The molecule has 0 spiro atoms. The minimum Gasteiger partial charge on any atom is -0.388 e. The molecule has 138 valence electrons. The van der Waals surface area contributed by atoms with Gasteiger partial charge in [0.1, 0.15) is 6.33 Å². The average molecular weight is 355 g/mol. The summed E-state index contributed by atoms with van der Waals surface area (Å²) in [6, 6.07) is 10.6. The lowest BCUT2D eigenvalue weighted by molar-refractivity contribution is -0.124. The highest BCUT2D eigenvalue weighted by Gasteiger charge is 2.36. The summed E-state index contributed by atoms with van der Waals surface area (Å²) in [5, 5.41) is 21.7. The Hall–Kier alpha value is -2.25. The van der Waals surface area contributed by atoms with E-state index in [0.717, 1.165) is 32.4 Å². The number of amides is 1. The summed E-state index contributed by atoms with van der Waals surface area (Å²) in [5.41, 5.74) is 0.223. The van der Waals surface area contributed by atoms with Crippen molar-refractivity contribution in [3.05, 3.63) is 42.2 Å². The predicted molar refractivity (Wildman–Crippen MR) is 97.4 cm³/mol. The van der Waals surface area contributed by atoms with Crippen LogP contribution in [-0.4, -0.2) is 49.4 Å². The third-order valence-corrected chi connectivity index (χ3v) is 5.14. The Morgan fingerprint density at radius 2 is 2.12 bits per heavy atom. The number of likely N-dealkylation sites (tertiary alicyclic amines) is 1. The van der Waals surface area contributed by atoms with Gasteiger partial charge < -0.3 is 5.11 Å². The molecule has 7 nitrogen and oxygen atoms in total. The van der Waals surface area contributed by atoms with E-state index in [1.54, 1.807) is 6.33 Å². The molecule has 1 unspecified atom stereocenters. The minimum atomic E-state index is -0.998. The van der Waals surface area contributed by atoms with Gasteiger partial charge in [0.05, 0.1) is 12.0 Å². The van der Waals surface area contributed by atoms with Crippen molar-refractivity contribution in [2.45, 2.75) is 50.3 Å². The van der Waals surface area contributed by atoms with Crippen molar-refractivity contribution in [3.63, 3.8) is 0 Å². The average Bonchev–Trinajstić information content (AvgIpc) is 3.35. The molecule has 2 heterocycles. The highest BCUT2D eigenvalue weighted by atomic mass is 16.3. The van der Waals surface area contributed by atoms with Crippen LogP contribution in [0.4, 0.5) is 5.95 Å². The monoisotopic (exact) mass is 355 g/mol. The third-order valence-electron chi connectivity index (χ3n) is 5.14. The van der Waals surface area contributed by atoms with Crippen LogP contribution in [0.3, 0.4) is 0 Å². The van der Waals surface area contributed by atoms with Gasteiger partial charge in [-0.3, -0.25) is 19.6 Å². The predicted octanol–water partition coefficient (Wildman–Crippen LogP) is 1.97. The van der Waals surface area contributed by atoms with Crippen LogP contribution >= 0.6 is 0 Å². The first kappa shape index (κ1) is 17.2. The Morgan fingerprint density at radius 1 is 1.31 bits per heavy atom. The van der Waals surface area contributed by atoms with Gasteiger partial charge in [-0.05, 0) is 37.8 Å². The van der Waals surface area contributed by atoms with Crippen molar-refractivity contribution in [1.29, 1.82) is 0 Å². The lowest BCUT2D eigenvalue weighted by Crippen LogP contribution is -2.49. The number of benzene rings is 1. The number of nitrogens with zero attached hydrogens (tertiary/aromatic N) is 4. The maximum absolute atomic E-state index is 12.5. The molecule has 2 aromatic rings. The molecule has 1 aliphatic heterocycles. The summed E-state index contributed by atoms with van der Waals surface area (Å²) in [6.45, 7) is 2.24. The molecule has 2 aliphatic rings. The summed E-state index contributed by atoms with van der Waals surface area (Å²) in [7, 11) is 0. The van der Waals surface area contributed by atoms with Crippen LogP contribution in [0, 0.1) is 0 Å². The lowest BCUT2D eigenvalue weighted by Gasteiger charge is -2.39. The molecule has 7 heteroatoms. The van der Waals surface area contributed by atoms with Gasteiger partial charge >= 0.3 is 0 Å². The quantitative estimate of drug-likeness (QED) is 0.828. The fraction of sp³-hybridized carbons (Fsp3) is 0.526. The van der Waals surface area contributed by atoms with Gasteiger partial charge in [-0.25, -0.2) is 0 Å². The van der Waals surface area contributed by atoms with E-state index >= 15 is 0 Å². The topological polar surface area (TPSA) is 83.3 Å². The number of carbonyl (C=O) groups is 1. The Balaban J connectivity index is 1.35. The summed E-state index contributed by atoms with van der Waals surface area (Å²) in [4.78, 5) is 14.7. The van der Waals surface area contributed by atoms with Crippen molar-refractivity contribution < 1.29 is 9.90 Å². The van der Waals surface area contributed by atoms with E-state index in [2.05, 4.69) is 32.5 Å². The molecule has 0 bridgehead atoms. The first-order valence-corrected chi connectivity index (χ1v) is 9.29. The van der Waals surface area contributed by atoms with Crippen LogP contribution in [-0.2, 0) is 11.3 Å². The number of anilines is 1. The number of β-amino-alcohol motifs (C(OH)–C–C–N with tert-alkyl or cyclic N) is 1. The van der Waals surface area contributed by atoms with E-state index in [0.29, 0.717) is 25.0 Å². The van der Waals surface area contributed by atoms with Crippen LogP contribution in [0.25, 0.3) is 0 Å². The fourth-order valence-electron chi connectivity index (χ4n) is 3.75. The zero-order chi connectivity index (χ0) is 18.0. The number of carbonyl (C=O) groups excluding carboxylic acids is 1. The molecule has 2 fully saturated rings. The van der Waals surface area contributed by atoms with Crippen molar-refractivity contribution >= 4 is 11.9 Å². The molecule has 2 N–H and O–H groups in total. The highest BCUT2D eigenvalue weighted by Crippen LogP contribution is 2.36. The van der Waals surface area contributed by atoms with Crippen LogP contribution in [0.15, 0.2) is 36.7 Å². The molecule has 1 saturated carbocycles. The number of aromatic nitrogens is 3. The maximum atomic E-state index is 12.5. The van der Waals surface area contributed by atoms with E-state index in [-0.39, 0.29) is 12.3 Å². The molecule has 1 atom stereocenters. The molecule has 1 amide bonds. The number of aliphatic hydroxyl groups is 1. The summed E-state index contributed by atoms with van der Waals surface area (Å²) >= 11 is 0. The first-order valence-electron chi connectivity index (χ1n) is 9.29. The van der Waals surface area contributed by atoms with Gasteiger partial charge in [-0.2, -0.15) is 0 Å². The van der Waals surface area contributed by atoms with E-state index < -0.39 is 5.60 Å². The van der Waals surface area contributed by atoms with Gasteiger partial charge in [-0.1, -0.05) is 30.3 Å².